The highest BCUT2D eigenvalue weighted by atomic mass is 13.9. The molecule has 0 bridgehead atoms. The molecule has 0 saturated carbocycles. The molecule has 0 atom stereocenters. The van der Waals surface area contributed by atoms with E-state index in [-0.39, 0.29) is 0 Å². The Labute approximate surface area is 65.3 Å². The van der Waals surface area contributed by atoms with Gasteiger partial charge in [-0.05, 0) is 32.1 Å². The predicted octanol–water partition coefficient (Wildman–Crippen LogP) is 3.74. The van der Waals surface area contributed by atoms with Crippen molar-refractivity contribution in [2.45, 2.75) is 46.0 Å². The van der Waals surface area contributed by atoms with Crippen LogP contribution in [0, 0.1) is 6.42 Å². The quantitative estimate of drug-likeness (QED) is 0.388. The van der Waals surface area contributed by atoms with E-state index in [4.69, 9.17) is 0 Å². The average Bonchev–Trinajstić information content (AvgIpc) is 1.97. The van der Waals surface area contributed by atoms with Gasteiger partial charge in [0.15, 0.2) is 0 Å². The topological polar surface area (TPSA) is 0 Å². The van der Waals surface area contributed by atoms with E-state index in [9.17, 15) is 0 Å². The first-order chi connectivity index (χ1) is 4.91. The van der Waals surface area contributed by atoms with Gasteiger partial charge < -0.3 is 0 Å². The van der Waals surface area contributed by atoms with Crippen LogP contribution in [-0.2, 0) is 0 Å². The van der Waals surface area contributed by atoms with E-state index in [0.29, 0.717) is 0 Å². The summed E-state index contributed by atoms with van der Waals surface area (Å²) in [5.41, 5.74) is 0. The third-order valence-corrected chi connectivity index (χ3v) is 1.47. The molecule has 0 saturated heterocycles. The van der Waals surface area contributed by atoms with Crippen molar-refractivity contribution >= 4 is 0 Å². The maximum absolute atomic E-state index is 2.35. The minimum Gasteiger partial charge on any atom is -0.0888 e. The molecule has 0 fully saturated rings. The van der Waals surface area contributed by atoms with Gasteiger partial charge in [-0.3, -0.25) is 0 Å². The summed E-state index contributed by atoms with van der Waals surface area (Å²) in [5.74, 6) is 0. The standard InChI is InChI=1S/C10H19/c1-3-5-7-9-10-8-6-4-2/h5-7H,3-4,8-10H2,1-2H3/b7-5+. The fourth-order valence-corrected chi connectivity index (χ4v) is 0.869. The lowest BCUT2D eigenvalue weighted by molar-refractivity contribution is 0.796. The van der Waals surface area contributed by atoms with Crippen LogP contribution >= 0.6 is 0 Å². The Balaban J connectivity index is 2.83. The molecule has 0 rings (SSSR count). The van der Waals surface area contributed by atoms with Crippen LogP contribution < -0.4 is 0 Å². The molecular weight excluding hydrogens is 120 g/mol. The van der Waals surface area contributed by atoms with Crippen LogP contribution in [0.3, 0.4) is 0 Å². The number of unbranched alkanes of at least 4 members (excludes halogenated alkanes) is 4. The van der Waals surface area contributed by atoms with Gasteiger partial charge in [-0.1, -0.05) is 32.4 Å². The van der Waals surface area contributed by atoms with E-state index in [0.717, 1.165) is 0 Å². The third-order valence-electron chi connectivity index (χ3n) is 1.47. The predicted molar refractivity (Wildman–Crippen MR) is 47.9 cm³/mol. The van der Waals surface area contributed by atoms with E-state index in [1.165, 1.54) is 32.1 Å². The number of hydrogen-bond acceptors (Lipinski definition) is 0. The normalized spacial score (nSPS) is 11.0. The van der Waals surface area contributed by atoms with Crippen molar-refractivity contribution in [1.29, 1.82) is 0 Å². The van der Waals surface area contributed by atoms with Crippen LogP contribution in [-0.4, -0.2) is 0 Å². The van der Waals surface area contributed by atoms with Crippen LogP contribution in [0.25, 0.3) is 0 Å². The van der Waals surface area contributed by atoms with Crippen molar-refractivity contribution in [3.8, 4) is 0 Å². The first-order valence-corrected chi connectivity index (χ1v) is 4.38. The SMILES string of the molecule is CC[CH]CCC/C=C/CC. The summed E-state index contributed by atoms with van der Waals surface area (Å²) in [6, 6.07) is 0. The highest BCUT2D eigenvalue weighted by Gasteiger charge is 1.83. The van der Waals surface area contributed by atoms with Gasteiger partial charge in [0.05, 0.1) is 0 Å². The molecule has 0 aliphatic carbocycles. The summed E-state index contributed by atoms with van der Waals surface area (Å²) in [5, 5.41) is 0. The monoisotopic (exact) mass is 139 g/mol. The molecule has 0 spiro atoms. The summed E-state index contributed by atoms with van der Waals surface area (Å²) < 4.78 is 0. The molecule has 0 amide bonds. The molecule has 0 aromatic rings. The van der Waals surface area contributed by atoms with Crippen molar-refractivity contribution in [3.63, 3.8) is 0 Å². The Morgan fingerprint density at radius 1 is 0.900 bits per heavy atom. The Bertz CT molecular complexity index is 72.1. The molecule has 0 aliphatic rings. The first-order valence-electron chi connectivity index (χ1n) is 4.38. The smallest absolute Gasteiger partial charge is 0.0351 e. The summed E-state index contributed by atoms with van der Waals surface area (Å²) in [6.07, 6.45) is 13.1. The van der Waals surface area contributed by atoms with Crippen molar-refractivity contribution in [2.24, 2.45) is 0 Å². The Morgan fingerprint density at radius 3 is 2.30 bits per heavy atom. The second-order valence-corrected chi connectivity index (χ2v) is 2.51. The van der Waals surface area contributed by atoms with Crippen LogP contribution in [0.4, 0.5) is 0 Å². The Morgan fingerprint density at radius 2 is 1.70 bits per heavy atom. The molecule has 0 N–H and O–H groups in total. The molecule has 1 radical (unpaired) electrons. The summed E-state index contributed by atoms with van der Waals surface area (Å²) in [6.45, 7) is 4.37. The summed E-state index contributed by atoms with van der Waals surface area (Å²) in [4.78, 5) is 0. The zero-order valence-corrected chi connectivity index (χ0v) is 7.27. The van der Waals surface area contributed by atoms with Crippen LogP contribution in [0.15, 0.2) is 12.2 Å². The molecule has 0 aromatic heterocycles. The second-order valence-electron chi connectivity index (χ2n) is 2.51. The van der Waals surface area contributed by atoms with Gasteiger partial charge in [-0.25, -0.2) is 0 Å². The number of rotatable bonds is 6. The van der Waals surface area contributed by atoms with Gasteiger partial charge in [-0.2, -0.15) is 0 Å². The highest BCUT2D eigenvalue weighted by Crippen LogP contribution is 2.01. The molecule has 0 unspecified atom stereocenters. The number of hydrogen-bond donors (Lipinski definition) is 0. The molecule has 59 valence electrons. The van der Waals surface area contributed by atoms with Gasteiger partial charge in [0, 0.05) is 0 Å². The van der Waals surface area contributed by atoms with E-state index >= 15 is 0 Å². The number of allylic oxidation sites excluding steroid dienone is 2. The Hall–Kier alpha value is -0.260. The van der Waals surface area contributed by atoms with Gasteiger partial charge >= 0.3 is 0 Å². The minimum absolute atomic E-state index is 1.18. The van der Waals surface area contributed by atoms with E-state index < -0.39 is 0 Å². The fourth-order valence-electron chi connectivity index (χ4n) is 0.869. The van der Waals surface area contributed by atoms with Crippen molar-refractivity contribution in [3.05, 3.63) is 18.6 Å². The van der Waals surface area contributed by atoms with Gasteiger partial charge in [-0.15, -0.1) is 0 Å². The molecule has 0 aromatic carbocycles. The van der Waals surface area contributed by atoms with E-state index in [1.807, 2.05) is 0 Å². The zero-order valence-electron chi connectivity index (χ0n) is 7.27. The van der Waals surface area contributed by atoms with Gasteiger partial charge in [0.2, 0.25) is 0 Å². The van der Waals surface area contributed by atoms with Crippen molar-refractivity contribution in [1.82, 2.24) is 0 Å². The first kappa shape index (κ1) is 9.74. The lowest BCUT2D eigenvalue weighted by Crippen LogP contribution is -1.74. The average molecular weight is 139 g/mol. The molecule has 0 heteroatoms. The lowest BCUT2D eigenvalue weighted by Gasteiger charge is -1.92. The molecular formula is C10H19. The maximum Gasteiger partial charge on any atom is -0.0351 e. The maximum atomic E-state index is 2.35. The third kappa shape index (κ3) is 7.74. The van der Waals surface area contributed by atoms with Crippen LogP contribution in [0.5, 0.6) is 0 Å². The summed E-state index contributed by atoms with van der Waals surface area (Å²) in [7, 11) is 0. The van der Waals surface area contributed by atoms with Crippen molar-refractivity contribution in [2.75, 3.05) is 0 Å². The fraction of sp³-hybridized carbons (Fsp3) is 0.700. The zero-order chi connectivity index (χ0) is 7.66. The van der Waals surface area contributed by atoms with Crippen molar-refractivity contribution < 1.29 is 0 Å². The molecule has 0 nitrogen and oxygen atoms in total. The molecule has 0 heterocycles. The van der Waals surface area contributed by atoms with Gasteiger partial charge in [0.25, 0.3) is 0 Å². The largest absolute Gasteiger partial charge is 0.0888 e. The Kier molecular flexibility index (Phi) is 8.51. The summed E-state index contributed by atoms with van der Waals surface area (Å²) >= 11 is 0. The van der Waals surface area contributed by atoms with Crippen LogP contribution in [0.2, 0.25) is 0 Å². The minimum atomic E-state index is 1.18. The second kappa shape index (κ2) is 8.74. The molecule has 10 heavy (non-hydrogen) atoms. The lowest BCUT2D eigenvalue weighted by atomic mass is 10.1. The highest BCUT2D eigenvalue weighted by molar-refractivity contribution is 4.80. The van der Waals surface area contributed by atoms with E-state index in [1.54, 1.807) is 0 Å². The molecule has 0 aliphatic heterocycles. The van der Waals surface area contributed by atoms with Gasteiger partial charge in [0.1, 0.15) is 0 Å². The van der Waals surface area contributed by atoms with E-state index in [2.05, 4.69) is 32.4 Å². The van der Waals surface area contributed by atoms with Crippen LogP contribution in [0.1, 0.15) is 46.0 Å².